The minimum Gasteiger partial charge on any atom is -0.354 e. The van der Waals surface area contributed by atoms with E-state index in [2.05, 4.69) is 15.3 Å². The molecule has 20 heavy (non-hydrogen) atoms. The van der Waals surface area contributed by atoms with Gasteiger partial charge in [-0.25, -0.2) is 4.98 Å². The first-order valence-electron chi connectivity index (χ1n) is 6.86. The predicted octanol–water partition coefficient (Wildman–Crippen LogP) is 2.71. The minimum absolute atomic E-state index is 0.0447. The third kappa shape index (κ3) is 3.25. The van der Waals surface area contributed by atoms with Gasteiger partial charge in [-0.2, -0.15) is 0 Å². The van der Waals surface area contributed by atoms with Crippen LogP contribution >= 0.6 is 12.2 Å². The van der Waals surface area contributed by atoms with Gasteiger partial charge in [0.2, 0.25) is 5.91 Å². The Hall–Kier alpha value is -1.69. The Kier molecular flexibility index (Phi) is 4.54. The van der Waals surface area contributed by atoms with Crippen LogP contribution in [0.1, 0.15) is 32.4 Å². The lowest BCUT2D eigenvalue weighted by Gasteiger charge is -2.11. The molecule has 2 heterocycles. The Bertz CT molecular complexity index is 673. The summed E-state index contributed by atoms with van der Waals surface area (Å²) in [6.45, 7) is 6.53. The number of hydrogen-bond acceptors (Lipinski definition) is 3. The molecule has 1 atom stereocenters. The van der Waals surface area contributed by atoms with Crippen LogP contribution in [0.15, 0.2) is 12.1 Å². The summed E-state index contributed by atoms with van der Waals surface area (Å²) >= 11 is 5.29. The van der Waals surface area contributed by atoms with Crippen LogP contribution in [-0.2, 0) is 11.3 Å². The molecule has 2 aromatic heterocycles. The van der Waals surface area contributed by atoms with E-state index >= 15 is 0 Å². The third-order valence-corrected chi connectivity index (χ3v) is 3.66. The van der Waals surface area contributed by atoms with Gasteiger partial charge in [0.25, 0.3) is 0 Å². The Balaban J connectivity index is 2.14. The molecular formula is C14H20N4OS. The molecule has 108 valence electrons. The Morgan fingerprint density at radius 2 is 2.30 bits per heavy atom. The van der Waals surface area contributed by atoms with Crippen LogP contribution in [-0.4, -0.2) is 26.5 Å². The number of nitrogens with one attached hydrogen (secondary N) is 2. The molecule has 0 aliphatic heterocycles. The number of imidazole rings is 1. The standard InChI is InChI=1S/C14H20N4OS/c1-4-9(2)15-12(19)7-8-18-13-11(17-14(18)20)6-5-10(3)16-13/h5-6,9H,4,7-8H2,1-3H3,(H,15,19)(H,17,20). The smallest absolute Gasteiger partial charge is 0.222 e. The molecule has 0 radical (unpaired) electrons. The van der Waals surface area contributed by atoms with Crippen LogP contribution < -0.4 is 5.32 Å². The lowest BCUT2D eigenvalue weighted by atomic mass is 10.2. The monoisotopic (exact) mass is 292 g/mol. The van der Waals surface area contributed by atoms with Crippen molar-refractivity contribution in [3.63, 3.8) is 0 Å². The Morgan fingerprint density at radius 3 is 3.00 bits per heavy atom. The van der Waals surface area contributed by atoms with E-state index in [1.807, 2.05) is 37.5 Å². The second-order valence-electron chi connectivity index (χ2n) is 5.03. The summed E-state index contributed by atoms with van der Waals surface area (Å²) in [6.07, 6.45) is 1.33. The van der Waals surface area contributed by atoms with Gasteiger partial charge < -0.3 is 14.9 Å². The molecule has 0 aromatic carbocycles. The van der Waals surface area contributed by atoms with Crippen molar-refractivity contribution in [2.75, 3.05) is 0 Å². The van der Waals surface area contributed by atoms with Crippen molar-refractivity contribution in [1.82, 2.24) is 19.9 Å². The Labute approximate surface area is 123 Å². The van der Waals surface area contributed by atoms with E-state index in [0.29, 0.717) is 17.7 Å². The summed E-state index contributed by atoms with van der Waals surface area (Å²) in [5.74, 6) is 0.0447. The van der Waals surface area contributed by atoms with E-state index < -0.39 is 0 Å². The van der Waals surface area contributed by atoms with Gasteiger partial charge >= 0.3 is 0 Å². The van der Waals surface area contributed by atoms with Crippen LogP contribution in [0, 0.1) is 11.7 Å². The second kappa shape index (κ2) is 6.17. The third-order valence-electron chi connectivity index (χ3n) is 3.34. The molecule has 0 aliphatic rings. The zero-order chi connectivity index (χ0) is 14.7. The maximum absolute atomic E-state index is 11.8. The fourth-order valence-corrected chi connectivity index (χ4v) is 2.28. The summed E-state index contributed by atoms with van der Waals surface area (Å²) in [4.78, 5) is 19.4. The van der Waals surface area contributed by atoms with Gasteiger partial charge in [-0.05, 0) is 44.6 Å². The molecule has 6 heteroatoms. The van der Waals surface area contributed by atoms with E-state index in [1.54, 1.807) is 0 Å². The van der Waals surface area contributed by atoms with Gasteiger partial charge in [0.15, 0.2) is 10.4 Å². The van der Waals surface area contributed by atoms with Crippen LogP contribution in [0.25, 0.3) is 11.2 Å². The number of H-pyrrole nitrogens is 1. The van der Waals surface area contributed by atoms with Gasteiger partial charge in [0.05, 0.1) is 5.52 Å². The number of aromatic amines is 1. The summed E-state index contributed by atoms with van der Waals surface area (Å²) in [5.41, 5.74) is 2.65. The van der Waals surface area contributed by atoms with Crippen LogP contribution in [0.2, 0.25) is 0 Å². The van der Waals surface area contributed by atoms with E-state index in [9.17, 15) is 4.79 Å². The number of fused-ring (bicyclic) bond motifs is 1. The number of carbonyl (C=O) groups excluding carboxylic acids is 1. The molecule has 0 bridgehead atoms. The maximum atomic E-state index is 11.8. The Morgan fingerprint density at radius 1 is 1.55 bits per heavy atom. The number of pyridine rings is 1. The average Bonchev–Trinajstić information content (AvgIpc) is 2.71. The van der Waals surface area contributed by atoms with Crippen LogP contribution in [0.5, 0.6) is 0 Å². The number of amides is 1. The normalized spacial score (nSPS) is 12.6. The molecular weight excluding hydrogens is 272 g/mol. The quantitative estimate of drug-likeness (QED) is 0.833. The molecule has 0 fully saturated rings. The first-order valence-corrected chi connectivity index (χ1v) is 7.27. The molecule has 0 aliphatic carbocycles. The zero-order valence-electron chi connectivity index (χ0n) is 12.1. The minimum atomic E-state index is 0.0447. The summed E-state index contributed by atoms with van der Waals surface area (Å²) in [5, 5.41) is 2.95. The fourth-order valence-electron chi connectivity index (χ4n) is 2.00. The molecule has 0 saturated carbocycles. The van der Waals surface area contributed by atoms with Crippen molar-refractivity contribution in [3.05, 3.63) is 22.6 Å². The number of nitrogens with zero attached hydrogens (tertiary/aromatic N) is 2. The first-order chi connectivity index (χ1) is 9.51. The summed E-state index contributed by atoms with van der Waals surface area (Å²) in [6, 6.07) is 4.11. The van der Waals surface area contributed by atoms with E-state index in [1.165, 1.54) is 0 Å². The van der Waals surface area contributed by atoms with Gasteiger partial charge in [0.1, 0.15) is 0 Å². The van der Waals surface area contributed by atoms with E-state index in [-0.39, 0.29) is 11.9 Å². The highest BCUT2D eigenvalue weighted by molar-refractivity contribution is 7.71. The predicted molar refractivity (Wildman–Crippen MR) is 82.2 cm³/mol. The van der Waals surface area contributed by atoms with Crippen LogP contribution in [0.4, 0.5) is 0 Å². The maximum Gasteiger partial charge on any atom is 0.222 e. The zero-order valence-corrected chi connectivity index (χ0v) is 12.9. The topological polar surface area (TPSA) is 62.7 Å². The highest BCUT2D eigenvalue weighted by Gasteiger charge is 2.09. The summed E-state index contributed by atoms with van der Waals surface area (Å²) < 4.78 is 2.49. The molecule has 1 unspecified atom stereocenters. The molecule has 2 aromatic rings. The van der Waals surface area contributed by atoms with Crippen LogP contribution in [0.3, 0.4) is 0 Å². The van der Waals surface area contributed by atoms with Crippen molar-refractivity contribution in [1.29, 1.82) is 0 Å². The van der Waals surface area contributed by atoms with E-state index in [4.69, 9.17) is 12.2 Å². The lowest BCUT2D eigenvalue weighted by Crippen LogP contribution is -2.32. The lowest BCUT2D eigenvalue weighted by molar-refractivity contribution is -0.121. The van der Waals surface area contributed by atoms with Crippen molar-refractivity contribution < 1.29 is 4.79 Å². The molecule has 2 rings (SSSR count). The molecule has 0 spiro atoms. The molecule has 1 amide bonds. The largest absolute Gasteiger partial charge is 0.354 e. The van der Waals surface area contributed by atoms with Gasteiger partial charge in [0, 0.05) is 24.7 Å². The average molecular weight is 292 g/mol. The number of aromatic nitrogens is 3. The summed E-state index contributed by atoms with van der Waals surface area (Å²) in [7, 11) is 0. The molecule has 2 N–H and O–H groups in total. The van der Waals surface area contributed by atoms with Gasteiger partial charge in [-0.1, -0.05) is 6.92 Å². The van der Waals surface area contributed by atoms with Crippen molar-refractivity contribution in [2.24, 2.45) is 0 Å². The first kappa shape index (κ1) is 14.7. The highest BCUT2D eigenvalue weighted by atomic mass is 32.1. The molecule has 5 nitrogen and oxygen atoms in total. The van der Waals surface area contributed by atoms with Crippen molar-refractivity contribution in [2.45, 2.75) is 46.2 Å². The highest BCUT2D eigenvalue weighted by Crippen LogP contribution is 2.13. The SMILES string of the molecule is CCC(C)NC(=O)CCn1c(=S)[nH]c2ccc(C)nc21. The fraction of sp³-hybridized carbons (Fsp3) is 0.500. The van der Waals surface area contributed by atoms with Gasteiger partial charge in [-0.15, -0.1) is 0 Å². The van der Waals surface area contributed by atoms with Gasteiger partial charge in [-0.3, -0.25) is 4.79 Å². The van der Waals surface area contributed by atoms with Crippen molar-refractivity contribution in [3.8, 4) is 0 Å². The number of carbonyl (C=O) groups is 1. The second-order valence-corrected chi connectivity index (χ2v) is 5.42. The number of hydrogen-bond donors (Lipinski definition) is 2. The van der Waals surface area contributed by atoms with Crippen molar-refractivity contribution >= 4 is 29.3 Å². The number of rotatable bonds is 5. The molecule has 0 saturated heterocycles. The van der Waals surface area contributed by atoms with E-state index in [0.717, 1.165) is 23.3 Å². The number of aryl methyl sites for hydroxylation is 2.